The topological polar surface area (TPSA) is 68.3 Å². The smallest absolute Gasteiger partial charge is 0.444 e. The van der Waals surface area contributed by atoms with Crippen molar-refractivity contribution in [3.63, 3.8) is 0 Å². The van der Waals surface area contributed by atoms with Crippen LogP contribution >= 0.6 is 0 Å². The van der Waals surface area contributed by atoms with Crippen molar-refractivity contribution in [2.75, 3.05) is 19.6 Å². The Labute approximate surface area is 208 Å². The van der Waals surface area contributed by atoms with E-state index in [1.807, 2.05) is 96.7 Å². The minimum absolute atomic E-state index is 0.0435. The first kappa shape index (κ1) is 25.5. The molecule has 2 aromatic carbocycles. The highest BCUT2D eigenvalue weighted by Crippen LogP contribution is 2.37. The van der Waals surface area contributed by atoms with E-state index in [1.54, 1.807) is 4.90 Å². The summed E-state index contributed by atoms with van der Waals surface area (Å²) in [4.78, 5) is 29.7. The molecule has 35 heavy (non-hydrogen) atoms. The Kier molecular flexibility index (Phi) is 6.43. The van der Waals surface area contributed by atoms with Crippen LogP contribution in [0.1, 0.15) is 65.7 Å². The van der Waals surface area contributed by atoms with Crippen LogP contribution in [-0.4, -0.2) is 71.4 Å². The van der Waals surface area contributed by atoms with E-state index in [2.05, 4.69) is 0 Å². The number of carbonyl (C=O) groups excluding carboxylic acids is 2. The van der Waals surface area contributed by atoms with Crippen LogP contribution in [0, 0.1) is 0 Å². The quantitative estimate of drug-likeness (QED) is 0.603. The average Bonchev–Trinajstić information content (AvgIpc) is 2.98. The standard InChI is InChI=1S/C27H37BN2O5/c1-18-17-29(24(32)33-25(2,3)4)15-16-30(18)23(31)21-13-9-12-20-19(21)11-10-14-22(20)28-34-26(5,6)27(7,8)35-28/h9-14,18H,15-17H2,1-8H3/t18-/m0/s1. The first-order valence-corrected chi connectivity index (χ1v) is 12.4. The van der Waals surface area contributed by atoms with Crippen LogP contribution in [0.3, 0.4) is 0 Å². The molecule has 2 fully saturated rings. The third-order valence-electron chi connectivity index (χ3n) is 7.23. The molecular formula is C27H37BN2O5. The van der Waals surface area contributed by atoms with Gasteiger partial charge >= 0.3 is 13.2 Å². The predicted molar refractivity (Wildman–Crippen MR) is 138 cm³/mol. The molecule has 2 saturated heterocycles. The van der Waals surface area contributed by atoms with Gasteiger partial charge in [0.05, 0.1) is 11.2 Å². The van der Waals surface area contributed by atoms with E-state index in [4.69, 9.17) is 14.0 Å². The van der Waals surface area contributed by atoms with Gasteiger partial charge in [0.15, 0.2) is 0 Å². The highest BCUT2D eigenvalue weighted by Gasteiger charge is 2.52. The van der Waals surface area contributed by atoms with E-state index in [-0.39, 0.29) is 18.0 Å². The molecule has 0 spiro atoms. The highest BCUT2D eigenvalue weighted by atomic mass is 16.7. The molecular weight excluding hydrogens is 443 g/mol. The maximum Gasteiger partial charge on any atom is 0.495 e. The van der Waals surface area contributed by atoms with E-state index < -0.39 is 23.9 Å². The van der Waals surface area contributed by atoms with Gasteiger partial charge < -0.3 is 23.8 Å². The Bertz CT molecular complexity index is 1120. The van der Waals surface area contributed by atoms with Crippen molar-refractivity contribution in [1.29, 1.82) is 0 Å². The second kappa shape index (κ2) is 8.82. The van der Waals surface area contributed by atoms with Crippen LogP contribution in [0.25, 0.3) is 10.8 Å². The third kappa shape index (κ3) is 4.91. The van der Waals surface area contributed by atoms with Crippen LogP contribution in [0.5, 0.6) is 0 Å². The number of amides is 2. The number of hydrogen-bond acceptors (Lipinski definition) is 5. The summed E-state index contributed by atoms with van der Waals surface area (Å²) in [5.41, 5.74) is 0.106. The lowest BCUT2D eigenvalue weighted by Gasteiger charge is -2.40. The van der Waals surface area contributed by atoms with Gasteiger partial charge in [-0.15, -0.1) is 0 Å². The summed E-state index contributed by atoms with van der Waals surface area (Å²) in [6.07, 6.45) is -0.339. The van der Waals surface area contributed by atoms with Crippen molar-refractivity contribution in [3.8, 4) is 0 Å². The van der Waals surface area contributed by atoms with E-state index in [0.717, 1.165) is 16.2 Å². The third-order valence-corrected chi connectivity index (χ3v) is 7.23. The van der Waals surface area contributed by atoms with E-state index >= 15 is 0 Å². The molecule has 2 aliphatic heterocycles. The van der Waals surface area contributed by atoms with Crippen LogP contribution in [-0.2, 0) is 14.0 Å². The summed E-state index contributed by atoms with van der Waals surface area (Å²) in [6, 6.07) is 11.6. The Balaban J connectivity index is 1.58. The van der Waals surface area contributed by atoms with Gasteiger partial charge in [0.1, 0.15) is 5.60 Å². The maximum atomic E-state index is 13.7. The number of fused-ring (bicyclic) bond motifs is 1. The molecule has 2 aromatic rings. The van der Waals surface area contributed by atoms with Crippen LogP contribution in [0.2, 0.25) is 0 Å². The minimum Gasteiger partial charge on any atom is -0.444 e. The zero-order valence-corrected chi connectivity index (χ0v) is 22.2. The monoisotopic (exact) mass is 480 g/mol. The number of hydrogen-bond donors (Lipinski definition) is 0. The van der Waals surface area contributed by atoms with Gasteiger partial charge in [0.25, 0.3) is 5.91 Å². The maximum absolute atomic E-state index is 13.7. The first-order valence-electron chi connectivity index (χ1n) is 12.4. The number of benzene rings is 2. The van der Waals surface area contributed by atoms with Crippen molar-refractivity contribution in [3.05, 3.63) is 42.0 Å². The predicted octanol–water partition coefficient (Wildman–Crippen LogP) is 4.22. The van der Waals surface area contributed by atoms with Gasteiger partial charge in [-0.3, -0.25) is 4.79 Å². The van der Waals surface area contributed by atoms with Gasteiger partial charge in [0, 0.05) is 31.2 Å². The zero-order chi connectivity index (χ0) is 25.8. The molecule has 2 heterocycles. The number of piperazine rings is 1. The molecule has 0 aromatic heterocycles. The van der Waals surface area contributed by atoms with E-state index in [1.165, 1.54) is 0 Å². The molecule has 188 valence electrons. The number of rotatable bonds is 2. The largest absolute Gasteiger partial charge is 0.495 e. The number of carbonyl (C=O) groups is 2. The summed E-state index contributed by atoms with van der Waals surface area (Å²) in [6.45, 7) is 17.0. The first-order chi connectivity index (χ1) is 16.2. The molecule has 1 atom stereocenters. The van der Waals surface area contributed by atoms with Gasteiger partial charge in [-0.1, -0.05) is 30.3 Å². The Hall–Kier alpha value is -2.58. The van der Waals surface area contributed by atoms with Gasteiger partial charge in [-0.05, 0) is 77.7 Å². The summed E-state index contributed by atoms with van der Waals surface area (Å²) in [5, 5.41) is 1.81. The molecule has 2 amide bonds. The van der Waals surface area contributed by atoms with Gasteiger partial charge in [0.2, 0.25) is 0 Å². The van der Waals surface area contributed by atoms with Crippen molar-refractivity contribution >= 4 is 35.4 Å². The molecule has 0 saturated carbocycles. The normalized spacial score (nSPS) is 21.9. The lowest BCUT2D eigenvalue weighted by molar-refractivity contribution is 0.00578. The van der Waals surface area contributed by atoms with Crippen molar-refractivity contribution in [2.45, 2.75) is 78.2 Å². The minimum atomic E-state index is -0.550. The van der Waals surface area contributed by atoms with Crippen LogP contribution < -0.4 is 5.46 Å². The lowest BCUT2D eigenvalue weighted by Crippen LogP contribution is -2.56. The SMILES string of the molecule is C[C@H]1CN(C(=O)OC(C)(C)C)CCN1C(=O)c1cccc2c(B3OC(C)(C)C(C)(C)O3)cccc12. The fourth-order valence-corrected chi connectivity index (χ4v) is 4.60. The summed E-state index contributed by atoms with van der Waals surface area (Å²) >= 11 is 0. The van der Waals surface area contributed by atoms with E-state index in [9.17, 15) is 9.59 Å². The second-order valence-electron chi connectivity index (χ2n) is 11.6. The van der Waals surface area contributed by atoms with E-state index in [0.29, 0.717) is 25.2 Å². The fraction of sp³-hybridized carbons (Fsp3) is 0.556. The summed E-state index contributed by atoms with van der Waals surface area (Å²) in [7, 11) is -0.509. The van der Waals surface area contributed by atoms with Crippen molar-refractivity contribution < 1.29 is 23.6 Å². The Morgan fingerprint density at radius 3 is 2.17 bits per heavy atom. The number of ether oxygens (including phenoxy) is 1. The molecule has 0 radical (unpaired) electrons. The molecule has 7 nitrogen and oxygen atoms in total. The fourth-order valence-electron chi connectivity index (χ4n) is 4.60. The lowest BCUT2D eigenvalue weighted by atomic mass is 9.75. The molecule has 0 aliphatic carbocycles. The molecule has 0 bridgehead atoms. The van der Waals surface area contributed by atoms with Crippen LogP contribution in [0.15, 0.2) is 36.4 Å². The average molecular weight is 480 g/mol. The summed E-state index contributed by atoms with van der Waals surface area (Å²) in [5.74, 6) is -0.0435. The molecule has 8 heteroatoms. The molecule has 0 N–H and O–H groups in total. The Morgan fingerprint density at radius 1 is 0.971 bits per heavy atom. The highest BCUT2D eigenvalue weighted by molar-refractivity contribution is 6.65. The second-order valence-corrected chi connectivity index (χ2v) is 11.6. The summed E-state index contributed by atoms with van der Waals surface area (Å²) < 4.78 is 18.1. The Morgan fingerprint density at radius 2 is 1.57 bits per heavy atom. The zero-order valence-electron chi connectivity index (χ0n) is 22.2. The van der Waals surface area contributed by atoms with Gasteiger partial charge in [-0.25, -0.2) is 4.79 Å². The van der Waals surface area contributed by atoms with Gasteiger partial charge in [-0.2, -0.15) is 0 Å². The van der Waals surface area contributed by atoms with Crippen molar-refractivity contribution in [2.24, 2.45) is 0 Å². The molecule has 4 rings (SSSR count). The molecule has 0 unspecified atom stereocenters. The van der Waals surface area contributed by atoms with Crippen LogP contribution in [0.4, 0.5) is 4.79 Å². The number of nitrogens with zero attached hydrogens (tertiary/aromatic N) is 2. The van der Waals surface area contributed by atoms with Crippen molar-refractivity contribution in [1.82, 2.24) is 9.80 Å². The molecule has 2 aliphatic rings.